The molecular formula is C18H14ClN3O6S2. The molecule has 3 aromatic carbocycles. The summed E-state index contributed by atoms with van der Waals surface area (Å²) in [5.41, 5.74) is 0.163. The molecular weight excluding hydrogens is 454 g/mol. The highest BCUT2D eigenvalue weighted by Crippen LogP contribution is 2.23. The number of halogens is 1. The first-order valence-electron chi connectivity index (χ1n) is 8.23. The van der Waals surface area contributed by atoms with Crippen molar-refractivity contribution in [1.29, 1.82) is 0 Å². The third-order valence-corrected chi connectivity index (χ3v) is 6.88. The lowest BCUT2D eigenvalue weighted by Crippen LogP contribution is -2.14. The highest BCUT2D eigenvalue weighted by Gasteiger charge is 2.18. The van der Waals surface area contributed by atoms with E-state index < -0.39 is 25.0 Å². The first-order valence-corrected chi connectivity index (χ1v) is 11.6. The Morgan fingerprint density at radius 3 is 1.73 bits per heavy atom. The second-order valence-electron chi connectivity index (χ2n) is 6.00. The van der Waals surface area contributed by atoms with Crippen LogP contribution in [-0.4, -0.2) is 21.8 Å². The number of benzene rings is 3. The second kappa shape index (κ2) is 8.30. The minimum Gasteiger partial charge on any atom is -0.280 e. The van der Waals surface area contributed by atoms with Gasteiger partial charge in [-0.15, -0.1) is 0 Å². The third kappa shape index (κ3) is 5.06. The maximum absolute atomic E-state index is 12.5. The van der Waals surface area contributed by atoms with E-state index in [1.54, 1.807) is 12.1 Å². The SMILES string of the molecule is O=[N+]([O-])c1ccc(S(=O)(=O)Nc2ccc(S(=O)(=O)Nc3cccc(Cl)c3)cc2)cc1. The van der Waals surface area contributed by atoms with Crippen molar-refractivity contribution < 1.29 is 21.8 Å². The number of hydrogen-bond acceptors (Lipinski definition) is 6. The van der Waals surface area contributed by atoms with Gasteiger partial charge in [0.15, 0.2) is 0 Å². The molecule has 0 aliphatic carbocycles. The number of nitro groups is 1. The van der Waals surface area contributed by atoms with Crippen LogP contribution in [0.5, 0.6) is 0 Å². The van der Waals surface area contributed by atoms with Crippen molar-refractivity contribution >= 4 is 48.7 Å². The number of anilines is 2. The zero-order valence-electron chi connectivity index (χ0n) is 15.0. The average molecular weight is 468 g/mol. The number of nitrogens with one attached hydrogen (secondary N) is 2. The van der Waals surface area contributed by atoms with E-state index in [2.05, 4.69) is 9.44 Å². The molecule has 0 aliphatic heterocycles. The van der Waals surface area contributed by atoms with Crippen molar-refractivity contribution in [1.82, 2.24) is 0 Å². The number of non-ortho nitro benzene ring substituents is 1. The largest absolute Gasteiger partial charge is 0.280 e. The molecule has 0 aliphatic rings. The molecule has 3 aromatic rings. The van der Waals surface area contributed by atoms with E-state index >= 15 is 0 Å². The van der Waals surface area contributed by atoms with E-state index in [1.165, 1.54) is 36.4 Å². The van der Waals surface area contributed by atoms with Gasteiger partial charge in [0.1, 0.15) is 0 Å². The van der Waals surface area contributed by atoms with Crippen molar-refractivity contribution in [3.05, 3.63) is 87.9 Å². The van der Waals surface area contributed by atoms with Crippen LogP contribution in [0.4, 0.5) is 17.1 Å². The van der Waals surface area contributed by atoms with Crippen molar-refractivity contribution in [2.24, 2.45) is 0 Å². The number of sulfonamides is 2. The summed E-state index contributed by atoms with van der Waals surface area (Å²) in [5.74, 6) is 0. The number of nitro benzene ring substituents is 1. The van der Waals surface area contributed by atoms with Crippen LogP contribution in [0.1, 0.15) is 0 Å². The van der Waals surface area contributed by atoms with Gasteiger partial charge in [-0.3, -0.25) is 19.6 Å². The topological polar surface area (TPSA) is 135 Å². The van der Waals surface area contributed by atoms with Crippen molar-refractivity contribution in [3.63, 3.8) is 0 Å². The summed E-state index contributed by atoms with van der Waals surface area (Å²) in [6.07, 6.45) is 0. The van der Waals surface area contributed by atoms with Gasteiger partial charge in [-0.25, -0.2) is 16.8 Å². The van der Waals surface area contributed by atoms with Crippen LogP contribution in [0.15, 0.2) is 82.6 Å². The van der Waals surface area contributed by atoms with Crippen LogP contribution >= 0.6 is 11.6 Å². The molecule has 0 atom stereocenters. The summed E-state index contributed by atoms with van der Waals surface area (Å²) >= 11 is 5.84. The van der Waals surface area contributed by atoms with E-state index in [0.717, 1.165) is 24.3 Å². The van der Waals surface area contributed by atoms with Gasteiger partial charge in [-0.05, 0) is 54.6 Å². The van der Waals surface area contributed by atoms with Gasteiger partial charge in [0.05, 0.1) is 20.4 Å². The molecule has 0 bridgehead atoms. The van der Waals surface area contributed by atoms with Gasteiger partial charge in [0, 0.05) is 22.8 Å². The van der Waals surface area contributed by atoms with E-state index in [0.29, 0.717) is 5.02 Å². The molecule has 0 spiro atoms. The van der Waals surface area contributed by atoms with Crippen LogP contribution in [-0.2, 0) is 20.0 Å². The number of rotatable bonds is 7. The number of hydrogen-bond donors (Lipinski definition) is 2. The minimum atomic E-state index is -4.01. The Hall–Kier alpha value is -3.15. The predicted octanol–water partition coefficient (Wildman–Crippen LogP) is 3.85. The smallest absolute Gasteiger partial charge is 0.269 e. The van der Waals surface area contributed by atoms with Crippen molar-refractivity contribution in [3.8, 4) is 0 Å². The summed E-state index contributed by atoms with van der Waals surface area (Å²) in [6.45, 7) is 0. The molecule has 9 nitrogen and oxygen atoms in total. The third-order valence-electron chi connectivity index (χ3n) is 3.85. The van der Waals surface area contributed by atoms with E-state index in [-0.39, 0.29) is 26.9 Å². The molecule has 0 amide bonds. The van der Waals surface area contributed by atoms with Gasteiger partial charge in [-0.2, -0.15) is 0 Å². The van der Waals surface area contributed by atoms with Gasteiger partial charge in [0.25, 0.3) is 25.7 Å². The Labute approximate surface area is 177 Å². The molecule has 0 fully saturated rings. The Morgan fingerprint density at radius 2 is 1.23 bits per heavy atom. The minimum absolute atomic E-state index is 0.0826. The standard InChI is InChI=1S/C18H14ClN3O6S2/c19-13-2-1-3-15(12-13)21-30(27,28)17-8-4-14(5-9-17)20-29(25,26)18-10-6-16(7-11-18)22(23)24/h1-12,20-21H. The fourth-order valence-electron chi connectivity index (χ4n) is 2.43. The van der Waals surface area contributed by atoms with Crippen molar-refractivity contribution in [2.45, 2.75) is 9.79 Å². The Balaban J connectivity index is 1.77. The molecule has 12 heteroatoms. The lowest BCUT2D eigenvalue weighted by Gasteiger charge is -2.11. The molecule has 2 N–H and O–H groups in total. The maximum Gasteiger partial charge on any atom is 0.269 e. The lowest BCUT2D eigenvalue weighted by molar-refractivity contribution is -0.384. The summed E-state index contributed by atoms with van der Waals surface area (Å²) in [5, 5.41) is 11.0. The number of nitrogens with zero attached hydrogens (tertiary/aromatic N) is 1. The highest BCUT2D eigenvalue weighted by atomic mass is 35.5. The van der Waals surface area contributed by atoms with Gasteiger partial charge < -0.3 is 0 Å². The summed E-state index contributed by atoms with van der Waals surface area (Å²) in [6, 6.07) is 15.6. The quantitative estimate of drug-likeness (QED) is 0.400. The monoisotopic (exact) mass is 467 g/mol. The molecule has 0 unspecified atom stereocenters. The zero-order chi connectivity index (χ0) is 21.9. The summed E-state index contributed by atoms with van der Waals surface area (Å²) in [4.78, 5) is 9.78. The summed E-state index contributed by atoms with van der Waals surface area (Å²) in [7, 11) is -7.92. The van der Waals surface area contributed by atoms with E-state index in [9.17, 15) is 26.9 Å². The van der Waals surface area contributed by atoms with Gasteiger partial charge in [-0.1, -0.05) is 17.7 Å². The molecule has 30 heavy (non-hydrogen) atoms. The second-order valence-corrected chi connectivity index (χ2v) is 9.80. The first kappa shape index (κ1) is 21.6. The molecule has 3 rings (SSSR count). The van der Waals surface area contributed by atoms with Crippen LogP contribution < -0.4 is 9.44 Å². The Morgan fingerprint density at radius 1 is 0.733 bits per heavy atom. The maximum atomic E-state index is 12.5. The predicted molar refractivity (Wildman–Crippen MR) is 113 cm³/mol. The van der Waals surface area contributed by atoms with Crippen LogP contribution in [0.2, 0.25) is 5.02 Å². The van der Waals surface area contributed by atoms with Crippen LogP contribution in [0.25, 0.3) is 0 Å². The molecule has 156 valence electrons. The lowest BCUT2D eigenvalue weighted by atomic mass is 10.3. The van der Waals surface area contributed by atoms with E-state index in [1.807, 2.05) is 0 Å². The Kier molecular flexibility index (Phi) is 5.97. The molecule has 0 saturated carbocycles. The molecule has 0 aromatic heterocycles. The van der Waals surface area contributed by atoms with Crippen LogP contribution in [0.3, 0.4) is 0 Å². The molecule has 0 radical (unpaired) electrons. The first-order chi connectivity index (χ1) is 14.1. The van der Waals surface area contributed by atoms with Gasteiger partial charge >= 0.3 is 0 Å². The zero-order valence-corrected chi connectivity index (χ0v) is 17.4. The Bertz CT molecular complexity index is 1290. The fraction of sp³-hybridized carbons (Fsp3) is 0. The molecule has 0 heterocycles. The van der Waals surface area contributed by atoms with Crippen LogP contribution in [0, 0.1) is 10.1 Å². The fourth-order valence-corrected chi connectivity index (χ4v) is 4.73. The normalized spacial score (nSPS) is 11.6. The highest BCUT2D eigenvalue weighted by molar-refractivity contribution is 7.93. The average Bonchev–Trinajstić information content (AvgIpc) is 2.68. The van der Waals surface area contributed by atoms with E-state index in [4.69, 9.17) is 11.6 Å². The van der Waals surface area contributed by atoms with Crippen molar-refractivity contribution in [2.75, 3.05) is 9.44 Å². The van der Waals surface area contributed by atoms with Gasteiger partial charge in [0.2, 0.25) is 0 Å². The molecule has 0 saturated heterocycles. The summed E-state index contributed by atoms with van der Waals surface area (Å²) < 4.78 is 54.4.